The van der Waals surface area contributed by atoms with Gasteiger partial charge in [0.1, 0.15) is 0 Å². The molecule has 11 heavy (non-hydrogen) atoms. The Bertz CT molecular complexity index is 264. The predicted octanol–water partition coefficient (Wildman–Crippen LogP) is 0.409. The van der Waals surface area contributed by atoms with Crippen LogP contribution in [0.5, 0.6) is 0 Å². The Morgan fingerprint density at radius 1 is 1.82 bits per heavy atom. The molecule has 1 aliphatic carbocycles. The third-order valence-electron chi connectivity index (χ3n) is 2.49. The Kier molecular flexibility index (Phi) is 1.46. The number of rotatable bonds is 1. The molecule has 2 N–H and O–H groups in total. The third kappa shape index (κ3) is 0.878. The van der Waals surface area contributed by atoms with Gasteiger partial charge in [0.15, 0.2) is 0 Å². The highest BCUT2D eigenvalue weighted by atomic mass is 15.0. The fraction of sp³-hybridized carbons (Fsp3) is 0.625. The molecule has 1 aliphatic rings. The standard InChI is InChI=1S/C8H13N3/c1-11-5-10-8-6(4-9)2-3-7(8)11/h5-6H,2-4,9H2,1H3. The summed E-state index contributed by atoms with van der Waals surface area (Å²) in [6.45, 7) is 0.740. The first-order valence-electron chi connectivity index (χ1n) is 4.03. The van der Waals surface area contributed by atoms with E-state index in [1.54, 1.807) is 0 Å². The predicted molar refractivity (Wildman–Crippen MR) is 43.3 cm³/mol. The molecule has 0 amide bonds. The maximum Gasteiger partial charge on any atom is 0.0949 e. The van der Waals surface area contributed by atoms with Crippen molar-refractivity contribution >= 4 is 0 Å². The van der Waals surface area contributed by atoms with Crippen molar-refractivity contribution in [1.82, 2.24) is 9.55 Å². The van der Waals surface area contributed by atoms with Gasteiger partial charge in [-0.05, 0) is 12.8 Å². The van der Waals surface area contributed by atoms with E-state index in [0.717, 1.165) is 13.0 Å². The molecule has 3 heteroatoms. The molecular formula is C8H13N3. The highest BCUT2D eigenvalue weighted by Gasteiger charge is 2.24. The molecule has 0 bridgehead atoms. The Morgan fingerprint density at radius 2 is 2.64 bits per heavy atom. The Hall–Kier alpha value is -0.830. The van der Waals surface area contributed by atoms with E-state index in [1.165, 1.54) is 17.8 Å². The topological polar surface area (TPSA) is 43.8 Å². The van der Waals surface area contributed by atoms with Gasteiger partial charge in [0.25, 0.3) is 0 Å². The summed E-state index contributed by atoms with van der Waals surface area (Å²) in [4.78, 5) is 4.33. The molecule has 0 fully saturated rings. The van der Waals surface area contributed by atoms with Crippen LogP contribution < -0.4 is 5.73 Å². The molecule has 2 rings (SSSR count). The minimum absolute atomic E-state index is 0.520. The summed E-state index contributed by atoms with van der Waals surface area (Å²) >= 11 is 0. The molecule has 0 radical (unpaired) electrons. The first-order valence-corrected chi connectivity index (χ1v) is 4.03. The molecule has 1 atom stereocenters. The quantitative estimate of drug-likeness (QED) is 0.631. The molecular weight excluding hydrogens is 138 g/mol. The Labute approximate surface area is 66.2 Å². The summed E-state index contributed by atoms with van der Waals surface area (Å²) in [6.07, 6.45) is 4.21. The molecule has 1 unspecified atom stereocenters. The van der Waals surface area contributed by atoms with Crippen molar-refractivity contribution in [3.63, 3.8) is 0 Å². The van der Waals surface area contributed by atoms with Crippen molar-refractivity contribution in [2.45, 2.75) is 18.8 Å². The Balaban J connectivity index is 2.40. The largest absolute Gasteiger partial charge is 0.337 e. The molecule has 1 heterocycles. The van der Waals surface area contributed by atoms with Crippen LogP contribution in [-0.2, 0) is 13.5 Å². The number of hydrogen-bond acceptors (Lipinski definition) is 2. The van der Waals surface area contributed by atoms with Crippen LogP contribution in [0.15, 0.2) is 6.33 Å². The maximum absolute atomic E-state index is 5.61. The van der Waals surface area contributed by atoms with Crippen LogP contribution in [0.2, 0.25) is 0 Å². The lowest BCUT2D eigenvalue weighted by molar-refractivity contribution is 0.664. The van der Waals surface area contributed by atoms with Crippen molar-refractivity contribution in [2.24, 2.45) is 12.8 Å². The zero-order valence-corrected chi connectivity index (χ0v) is 6.75. The summed E-state index contributed by atoms with van der Waals surface area (Å²) < 4.78 is 2.10. The van der Waals surface area contributed by atoms with Crippen LogP contribution in [-0.4, -0.2) is 16.1 Å². The second-order valence-corrected chi connectivity index (χ2v) is 3.16. The number of aryl methyl sites for hydroxylation is 1. The smallest absolute Gasteiger partial charge is 0.0949 e. The van der Waals surface area contributed by atoms with Crippen molar-refractivity contribution in [2.75, 3.05) is 6.54 Å². The number of imidazole rings is 1. The molecule has 60 valence electrons. The normalized spacial score (nSPS) is 22.2. The van der Waals surface area contributed by atoms with Gasteiger partial charge in [0.2, 0.25) is 0 Å². The van der Waals surface area contributed by atoms with E-state index in [-0.39, 0.29) is 0 Å². The maximum atomic E-state index is 5.61. The molecule has 0 aliphatic heterocycles. The van der Waals surface area contributed by atoms with Crippen molar-refractivity contribution in [1.29, 1.82) is 0 Å². The molecule has 1 aromatic heterocycles. The second-order valence-electron chi connectivity index (χ2n) is 3.16. The lowest BCUT2D eigenvalue weighted by Crippen LogP contribution is -2.09. The molecule has 0 saturated heterocycles. The summed E-state index contributed by atoms with van der Waals surface area (Å²) in [6, 6.07) is 0. The highest BCUT2D eigenvalue weighted by Crippen LogP contribution is 2.30. The highest BCUT2D eigenvalue weighted by molar-refractivity contribution is 5.23. The van der Waals surface area contributed by atoms with Crippen LogP contribution in [0.3, 0.4) is 0 Å². The first kappa shape index (κ1) is 6.85. The molecule has 0 aromatic carbocycles. The van der Waals surface area contributed by atoms with E-state index in [1.807, 2.05) is 13.4 Å². The zero-order chi connectivity index (χ0) is 7.84. The van der Waals surface area contributed by atoms with Crippen LogP contribution in [0.25, 0.3) is 0 Å². The second kappa shape index (κ2) is 2.34. The van der Waals surface area contributed by atoms with Gasteiger partial charge >= 0.3 is 0 Å². The van der Waals surface area contributed by atoms with Gasteiger partial charge in [-0.1, -0.05) is 0 Å². The van der Waals surface area contributed by atoms with Gasteiger partial charge in [-0.2, -0.15) is 0 Å². The van der Waals surface area contributed by atoms with Gasteiger partial charge in [-0.25, -0.2) is 4.98 Å². The van der Waals surface area contributed by atoms with Gasteiger partial charge in [0, 0.05) is 25.2 Å². The van der Waals surface area contributed by atoms with E-state index in [0.29, 0.717) is 5.92 Å². The minimum Gasteiger partial charge on any atom is -0.337 e. The number of hydrogen-bond donors (Lipinski definition) is 1. The van der Waals surface area contributed by atoms with Crippen LogP contribution in [0.4, 0.5) is 0 Å². The van der Waals surface area contributed by atoms with E-state index in [4.69, 9.17) is 5.73 Å². The molecule has 3 nitrogen and oxygen atoms in total. The van der Waals surface area contributed by atoms with E-state index in [9.17, 15) is 0 Å². The van der Waals surface area contributed by atoms with Gasteiger partial charge in [0.05, 0.1) is 12.0 Å². The first-order chi connectivity index (χ1) is 5.33. The summed E-state index contributed by atoms with van der Waals surface area (Å²) in [7, 11) is 2.05. The fourth-order valence-corrected chi connectivity index (χ4v) is 1.80. The molecule has 0 spiro atoms. The van der Waals surface area contributed by atoms with Gasteiger partial charge in [-0.3, -0.25) is 0 Å². The number of aromatic nitrogens is 2. The molecule has 0 saturated carbocycles. The number of nitrogens with zero attached hydrogens (tertiary/aromatic N) is 2. The SMILES string of the molecule is Cn1cnc2c1CCC2CN. The van der Waals surface area contributed by atoms with Crippen LogP contribution in [0, 0.1) is 0 Å². The number of fused-ring (bicyclic) bond motifs is 1. The summed E-state index contributed by atoms with van der Waals surface area (Å²) in [5, 5.41) is 0. The van der Waals surface area contributed by atoms with E-state index >= 15 is 0 Å². The Morgan fingerprint density at radius 3 is 3.36 bits per heavy atom. The average molecular weight is 151 g/mol. The fourth-order valence-electron chi connectivity index (χ4n) is 1.80. The van der Waals surface area contributed by atoms with Crippen molar-refractivity contribution < 1.29 is 0 Å². The zero-order valence-electron chi connectivity index (χ0n) is 6.75. The lowest BCUT2D eigenvalue weighted by Gasteiger charge is -2.01. The van der Waals surface area contributed by atoms with Crippen LogP contribution in [0.1, 0.15) is 23.7 Å². The average Bonchev–Trinajstić information content (AvgIpc) is 2.53. The summed E-state index contributed by atoms with van der Waals surface area (Å²) in [5.41, 5.74) is 8.22. The molecule has 1 aromatic rings. The van der Waals surface area contributed by atoms with Crippen molar-refractivity contribution in [3.05, 3.63) is 17.7 Å². The number of nitrogens with two attached hydrogens (primary N) is 1. The van der Waals surface area contributed by atoms with E-state index in [2.05, 4.69) is 9.55 Å². The monoisotopic (exact) mass is 151 g/mol. The third-order valence-corrected chi connectivity index (χ3v) is 2.49. The summed E-state index contributed by atoms with van der Waals surface area (Å²) in [5.74, 6) is 0.520. The van der Waals surface area contributed by atoms with E-state index < -0.39 is 0 Å². The van der Waals surface area contributed by atoms with Crippen LogP contribution >= 0.6 is 0 Å². The van der Waals surface area contributed by atoms with Crippen molar-refractivity contribution in [3.8, 4) is 0 Å². The minimum atomic E-state index is 0.520. The van der Waals surface area contributed by atoms with Gasteiger partial charge < -0.3 is 10.3 Å². The lowest BCUT2D eigenvalue weighted by atomic mass is 10.1. The van der Waals surface area contributed by atoms with Gasteiger partial charge in [-0.15, -0.1) is 0 Å².